The van der Waals surface area contributed by atoms with Gasteiger partial charge in [0.2, 0.25) is 5.91 Å². The number of hydrogen-bond donors (Lipinski definition) is 1. The van der Waals surface area contributed by atoms with E-state index in [0.717, 1.165) is 27.3 Å². The molecule has 0 aliphatic carbocycles. The summed E-state index contributed by atoms with van der Waals surface area (Å²) in [6.07, 6.45) is 1.44. The monoisotopic (exact) mass is 481 g/mol. The second-order valence-electron chi connectivity index (χ2n) is 7.75. The largest absolute Gasteiger partial charge is 0.494 e. The van der Waals surface area contributed by atoms with Gasteiger partial charge in [0.15, 0.2) is 0 Å². The summed E-state index contributed by atoms with van der Waals surface area (Å²) >= 11 is 7.54. The highest BCUT2D eigenvalue weighted by Crippen LogP contribution is 2.36. The van der Waals surface area contributed by atoms with Crippen molar-refractivity contribution in [1.29, 1.82) is 0 Å². The average molecular weight is 482 g/mol. The van der Waals surface area contributed by atoms with E-state index in [1.54, 1.807) is 19.1 Å². The van der Waals surface area contributed by atoms with Crippen LogP contribution in [0.15, 0.2) is 53.6 Å². The first-order chi connectivity index (χ1) is 15.8. The van der Waals surface area contributed by atoms with E-state index in [9.17, 15) is 9.59 Å². The molecule has 4 rings (SSSR count). The molecule has 0 fully saturated rings. The quantitative estimate of drug-likeness (QED) is 0.367. The Hall–Kier alpha value is -3.16. The molecular weight excluding hydrogens is 458 g/mol. The number of anilines is 1. The van der Waals surface area contributed by atoms with E-state index < -0.39 is 6.04 Å². The lowest BCUT2D eigenvalue weighted by atomic mass is 10.0. The predicted octanol–water partition coefficient (Wildman–Crippen LogP) is 5.99. The third kappa shape index (κ3) is 4.51. The molecular formula is C25H24ClN3O3S. The highest BCUT2D eigenvalue weighted by molar-refractivity contribution is 7.19. The number of amides is 1. The van der Waals surface area contributed by atoms with Gasteiger partial charge in [0.25, 0.3) is 5.56 Å². The molecule has 4 aromatic rings. The molecule has 0 saturated carbocycles. The van der Waals surface area contributed by atoms with Gasteiger partial charge in [-0.15, -0.1) is 11.3 Å². The van der Waals surface area contributed by atoms with Gasteiger partial charge in [-0.1, -0.05) is 29.8 Å². The normalized spacial score (nSPS) is 12.0. The molecule has 1 N–H and O–H groups in total. The van der Waals surface area contributed by atoms with Crippen molar-refractivity contribution in [2.24, 2.45) is 0 Å². The molecule has 0 saturated heterocycles. The number of benzene rings is 2. The molecule has 1 atom stereocenters. The van der Waals surface area contributed by atoms with Crippen LogP contribution in [0.2, 0.25) is 5.02 Å². The molecule has 0 bridgehead atoms. The summed E-state index contributed by atoms with van der Waals surface area (Å²) in [6.45, 7) is 8.06. The van der Waals surface area contributed by atoms with Crippen molar-refractivity contribution in [2.75, 3.05) is 11.9 Å². The average Bonchev–Trinajstić information content (AvgIpc) is 3.13. The number of fused-ring (bicyclic) bond motifs is 1. The molecule has 0 aliphatic rings. The van der Waals surface area contributed by atoms with Crippen molar-refractivity contribution < 1.29 is 9.53 Å². The van der Waals surface area contributed by atoms with Crippen LogP contribution < -0.4 is 15.6 Å². The Balaban J connectivity index is 1.73. The second kappa shape index (κ2) is 9.37. The van der Waals surface area contributed by atoms with Crippen LogP contribution in [0.1, 0.15) is 30.3 Å². The van der Waals surface area contributed by atoms with Crippen molar-refractivity contribution in [1.82, 2.24) is 9.55 Å². The fraction of sp³-hybridized carbons (Fsp3) is 0.240. The molecule has 6 nitrogen and oxygen atoms in total. The standard InChI is InChI=1S/C25H24ClN3O3S/c1-5-32-19-10-7-17(8-11-19)21-16(4)33-24-22(21)25(31)29(13-27-24)15(3)23(30)28-20-12-18(26)9-6-14(20)2/h6-13,15H,5H2,1-4H3,(H,28,30). The van der Waals surface area contributed by atoms with Crippen LogP contribution in [0.25, 0.3) is 21.3 Å². The fourth-order valence-corrected chi connectivity index (χ4v) is 4.89. The summed E-state index contributed by atoms with van der Waals surface area (Å²) in [5.41, 5.74) is 2.99. The van der Waals surface area contributed by atoms with Gasteiger partial charge < -0.3 is 10.1 Å². The summed E-state index contributed by atoms with van der Waals surface area (Å²) in [4.78, 5) is 32.6. The van der Waals surface area contributed by atoms with Crippen molar-refractivity contribution in [2.45, 2.75) is 33.7 Å². The molecule has 33 heavy (non-hydrogen) atoms. The molecule has 8 heteroatoms. The molecule has 170 valence electrons. The number of rotatable bonds is 6. The number of aryl methyl sites for hydroxylation is 2. The number of nitrogens with zero attached hydrogens (tertiary/aromatic N) is 2. The Bertz CT molecular complexity index is 1390. The third-order valence-electron chi connectivity index (χ3n) is 5.52. The number of thiophene rings is 1. The van der Waals surface area contributed by atoms with Crippen LogP contribution in [0, 0.1) is 13.8 Å². The van der Waals surface area contributed by atoms with Crippen LogP contribution in [0.4, 0.5) is 5.69 Å². The molecule has 1 unspecified atom stereocenters. The molecule has 2 aromatic heterocycles. The van der Waals surface area contributed by atoms with Crippen molar-refractivity contribution in [3.8, 4) is 16.9 Å². The van der Waals surface area contributed by atoms with E-state index >= 15 is 0 Å². The number of aromatic nitrogens is 2. The van der Waals surface area contributed by atoms with Crippen LogP contribution in [-0.2, 0) is 4.79 Å². The van der Waals surface area contributed by atoms with Gasteiger partial charge in [0, 0.05) is 21.2 Å². The van der Waals surface area contributed by atoms with Crippen LogP contribution in [-0.4, -0.2) is 22.1 Å². The number of hydrogen-bond acceptors (Lipinski definition) is 5. The summed E-state index contributed by atoms with van der Waals surface area (Å²) < 4.78 is 6.91. The van der Waals surface area contributed by atoms with E-state index in [1.807, 2.05) is 51.1 Å². The molecule has 0 aliphatic heterocycles. The van der Waals surface area contributed by atoms with Gasteiger partial charge in [-0.05, 0) is 63.1 Å². The number of carbonyl (C=O) groups is 1. The lowest BCUT2D eigenvalue weighted by Gasteiger charge is -2.16. The highest BCUT2D eigenvalue weighted by atomic mass is 35.5. The van der Waals surface area contributed by atoms with E-state index in [0.29, 0.717) is 27.5 Å². The van der Waals surface area contributed by atoms with Gasteiger partial charge in [0.1, 0.15) is 16.6 Å². The number of halogens is 1. The SMILES string of the molecule is CCOc1ccc(-c2c(C)sc3ncn(C(C)C(=O)Nc4cc(Cl)ccc4C)c(=O)c23)cc1. The van der Waals surface area contributed by atoms with Gasteiger partial charge in [0.05, 0.1) is 18.3 Å². The predicted molar refractivity (Wildman–Crippen MR) is 135 cm³/mol. The molecule has 1 amide bonds. The first-order valence-corrected chi connectivity index (χ1v) is 11.8. The van der Waals surface area contributed by atoms with Crippen LogP contribution in [0.3, 0.4) is 0 Å². The zero-order chi connectivity index (χ0) is 23.7. The smallest absolute Gasteiger partial charge is 0.263 e. The van der Waals surface area contributed by atoms with E-state index in [2.05, 4.69) is 10.3 Å². The molecule has 2 aromatic carbocycles. The third-order valence-corrected chi connectivity index (χ3v) is 6.77. The fourth-order valence-electron chi connectivity index (χ4n) is 3.72. The molecule has 0 radical (unpaired) electrons. The van der Waals surface area contributed by atoms with Gasteiger partial charge >= 0.3 is 0 Å². The minimum absolute atomic E-state index is 0.251. The van der Waals surface area contributed by atoms with E-state index in [-0.39, 0.29) is 11.5 Å². The maximum atomic E-state index is 13.5. The topological polar surface area (TPSA) is 73.2 Å². The Labute approximate surface area is 200 Å². The number of nitrogens with one attached hydrogen (secondary N) is 1. The number of ether oxygens (including phenoxy) is 1. The minimum atomic E-state index is -0.763. The zero-order valence-corrected chi connectivity index (χ0v) is 20.4. The minimum Gasteiger partial charge on any atom is -0.494 e. The van der Waals surface area contributed by atoms with E-state index in [4.69, 9.17) is 16.3 Å². The van der Waals surface area contributed by atoms with Gasteiger partial charge in [-0.25, -0.2) is 4.98 Å². The number of carbonyl (C=O) groups excluding carboxylic acids is 1. The van der Waals surface area contributed by atoms with Crippen molar-refractivity contribution in [3.05, 3.63) is 74.6 Å². The molecule has 0 spiro atoms. The maximum Gasteiger partial charge on any atom is 0.263 e. The lowest BCUT2D eigenvalue weighted by molar-refractivity contribution is -0.118. The lowest BCUT2D eigenvalue weighted by Crippen LogP contribution is -2.31. The highest BCUT2D eigenvalue weighted by Gasteiger charge is 2.22. The van der Waals surface area contributed by atoms with Crippen LogP contribution >= 0.6 is 22.9 Å². The molecule has 2 heterocycles. The van der Waals surface area contributed by atoms with Crippen LogP contribution in [0.5, 0.6) is 5.75 Å². The Morgan fingerprint density at radius 3 is 2.64 bits per heavy atom. The summed E-state index contributed by atoms with van der Waals surface area (Å²) in [5, 5.41) is 3.91. The van der Waals surface area contributed by atoms with Gasteiger partial charge in [-0.3, -0.25) is 14.2 Å². The van der Waals surface area contributed by atoms with Gasteiger partial charge in [-0.2, -0.15) is 0 Å². The van der Waals surface area contributed by atoms with Crippen molar-refractivity contribution >= 4 is 44.7 Å². The Morgan fingerprint density at radius 1 is 1.21 bits per heavy atom. The first-order valence-electron chi connectivity index (χ1n) is 10.6. The summed E-state index contributed by atoms with van der Waals surface area (Å²) in [5.74, 6) is 0.453. The first kappa shape index (κ1) is 23.0. The zero-order valence-electron chi connectivity index (χ0n) is 18.8. The summed E-state index contributed by atoms with van der Waals surface area (Å²) in [6, 6.07) is 12.2. The maximum absolute atomic E-state index is 13.5. The van der Waals surface area contributed by atoms with Crippen molar-refractivity contribution in [3.63, 3.8) is 0 Å². The Kier molecular flexibility index (Phi) is 6.54. The summed E-state index contributed by atoms with van der Waals surface area (Å²) in [7, 11) is 0. The Morgan fingerprint density at radius 2 is 1.94 bits per heavy atom. The second-order valence-corrected chi connectivity index (χ2v) is 9.39. The van der Waals surface area contributed by atoms with E-state index in [1.165, 1.54) is 22.2 Å².